The SMILES string of the molecule is Cc1cc(C)c(C(c2ccc(N(c3nc(-c4ccccc4)nc(-c4cc(-c5ccccc5)cc(-c5ccccc5)c4)n3)c3ccc4ccccc4c3-c3ccccc3)cc2)c2c(C)cc(C)cc2C)c(C)c1. The summed E-state index contributed by atoms with van der Waals surface area (Å²) in [4.78, 5) is 18.7. The Hall–Kier alpha value is -8.73. The molecule has 0 aliphatic heterocycles. The molecule has 11 rings (SSSR count). The number of hydrogen-bond acceptors (Lipinski definition) is 4. The van der Waals surface area contributed by atoms with Crippen molar-refractivity contribution in [3.8, 4) is 56.2 Å². The molecule has 0 radical (unpaired) electrons. The Labute approximate surface area is 424 Å². The molecule has 0 saturated carbocycles. The molecule has 0 saturated heterocycles. The third kappa shape index (κ3) is 9.00. The molecule has 4 nitrogen and oxygen atoms in total. The number of aryl methyl sites for hydroxylation is 6. The van der Waals surface area contributed by atoms with Crippen LogP contribution in [0.5, 0.6) is 0 Å². The molecule has 10 aromatic carbocycles. The lowest BCUT2D eigenvalue weighted by Crippen LogP contribution is -2.17. The Morgan fingerprint density at radius 2 is 0.778 bits per heavy atom. The van der Waals surface area contributed by atoms with Gasteiger partial charge in [0.25, 0.3) is 0 Å². The molecule has 0 aliphatic rings. The van der Waals surface area contributed by atoms with Crippen molar-refractivity contribution in [3.05, 3.63) is 275 Å². The van der Waals surface area contributed by atoms with Crippen molar-refractivity contribution in [1.29, 1.82) is 0 Å². The molecule has 0 aliphatic carbocycles. The van der Waals surface area contributed by atoms with Crippen LogP contribution in [-0.4, -0.2) is 15.0 Å². The number of anilines is 3. The maximum atomic E-state index is 5.59. The maximum Gasteiger partial charge on any atom is 0.238 e. The average molecular weight is 929 g/mol. The van der Waals surface area contributed by atoms with Gasteiger partial charge >= 0.3 is 0 Å². The molecule has 4 heteroatoms. The summed E-state index contributed by atoms with van der Waals surface area (Å²) in [5.41, 5.74) is 21.9. The van der Waals surface area contributed by atoms with Crippen molar-refractivity contribution in [3.63, 3.8) is 0 Å². The van der Waals surface area contributed by atoms with Crippen molar-refractivity contribution in [2.45, 2.75) is 47.5 Å². The molecular weight excluding hydrogens is 873 g/mol. The number of fused-ring (bicyclic) bond motifs is 1. The van der Waals surface area contributed by atoms with Crippen LogP contribution >= 0.6 is 0 Å². The van der Waals surface area contributed by atoms with Gasteiger partial charge in [-0.15, -0.1) is 0 Å². The first kappa shape index (κ1) is 45.7. The standard InChI is InChI=1S/C68H56N4/c1-44-37-46(3)62(47(4)38-44)65(63-48(5)39-45(2)40-49(63)6)54-31-34-59(35-32-54)72(61-36-33-52-25-19-20-30-60(52)64(61)53-26-15-9-16-27-53)68-70-66(55-28-17-10-18-29-55)69-67(71-68)58-42-56(50-21-11-7-12-22-50)41-57(43-58)51-23-13-8-14-24-51/h7-43,65H,1-6H3. The first-order valence-corrected chi connectivity index (χ1v) is 24.9. The molecule has 348 valence electrons. The van der Waals surface area contributed by atoms with E-state index in [2.05, 4.69) is 253 Å². The lowest BCUT2D eigenvalue weighted by molar-refractivity contribution is 0.919. The summed E-state index contributed by atoms with van der Waals surface area (Å²) in [5.74, 6) is 1.69. The van der Waals surface area contributed by atoms with Crippen LogP contribution in [0.1, 0.15) is 56.0 Å². The quantitative estimate of drug-likeness (QED) is 0.121. The van der Waals surface area contributed by atoms with E-state index in [0.29, 0.717) is 17.6 Å². The van der Waals surface area contributed by atoms with Crippen LogP contribution in [0, 0.1) is 41.5 Å². The fraction of sp³-hybridized carbons (Fsp3) is 0.103. The first-order valence-electron chi connectivity index (χ1n) is 24.9. The zero-order valence-electron chi connectivity index (χ0n) is 41.7. The van der Waals surface area contributed by atoms with E-state index in [-0.39, 0.29) is 5.92 Å². The second kappa shape index (κ2) is 19.6. The fourth-order valence-corrected chi connectivity index (χ4v) is 11.0. The molecule has 72 heavy (non-hydrogen) atoms. The predicted molar refractivity (Wildman–Crippen MR) is 301 cm³/mol. The van der Waals surface area contributed by atoms with E-state index in [9.17, 15) is 0 Å². The summed E-state index contributed by atoms with van der Waals surface area (Å²) in [7, 11) is 0. The fourth-order valence-electron chi connectivity index (χ4n) is 11.0. The maximum absolute atomic E-state index is 5.59. The molecule has 0 bridgehead atoms. The summed E-state index contributed by atoms with van der Waals surface area (Å²) in [6, 6.07) is 80.3. The normalized spacial score (nSPS) is 11.3. The monoisotopic (exact) mass is 928 g/mol. The number of nitrogens with zero attached hydrogens (tertiary/aromatic N) is 4. The van der Waals surface area contributed by atoms with E-state index in [1.54, 1.807) is 0 Å². The third-order valence-electron chi connectivity index (χ3n) is 14.0. The minimum atomic E-state index is 0.0124. The van der Waals surface area contributed by atoms with Crippen LogP contribution in [0.15, 0.2) is 224 Å². The number of hydrogen-bond donors (Lipinski definition) is 0. The van der Waals surface area contributed by atoms with Crippen LogP contribution in [0.2, 0.25) is 0 Å². The molecule has 0 unspecified atom stereocenters. The van der Waals surface area contributed by atoms with Gasteiger partial charge in [0, 0.05) is 28.3 Å². The number of rotatable bonds is 11. The van der Waals surface area contributed by atoms with Gasteiger partial charge in [0.2, 0.25) is 5.95 Å². The Bertz CT molecular complexity index is 3570. The molecule has 0 N–H and O–H groups in total. The van der Waals surface area contributed by atoms with Crippen molar-refractivity contribution in [2.24, 2.45) is 0 Å². The van der Waals surface area contributed by atoms with Gasteiger partial charge in [0.05, 0.1) is 5.69 Å². The average Bonchev–Trinajstić information content (AvgIpc) is 3.41. The van der Waals surface area contributed by atoms with Crippen LogP contribution < -0.4 is 4.90 Å². The minimum absolute atomic E-state index is 0.0124. The van der Waals surface area contributed by atoms with Crippen LogP contribution in [0.4, 0.5) is 17.3 Å². The van der Waals surface area contributed by atoms with Gasteiger partial charge in [-0.05, 0) is 155 Å². The van der Waals surface area contributed by atoms with Gasteiger partial charge in [-0.2, -0.15) is 9.97 Å². The Morgan fingerprint density at radius 1 is 0.347 bits per heavy atom. The largest absolute Gasteiger partial charge is 0.278 e. The van der Waals surface area contributed by atoms with Crippen LogP contribution in [-0.2, 0) is 0 Å². The van der Waals surface area contributed by atoms with Crippen molar-refractivity contribution in [2.75, 3.05) is 4.90 Å². The van der Waals surface area contributed by atoms with E-state index >= 15 is 0 Å². The molecule has 1 aromatic heterocycles. The number of benzene rings is 10. The summed E-state index contributed by atoms with van der Waals surface area (Å²) in [6.07, 6.45) is 0. The smallest absolute Gasteiger partial charge is 0.238 e. The highest BCUT2D eigenvalue weighted by molar-refractivity contribution is 6.05. The van der Waals surface area contributed by atoms with Gasteiger partial charge in [-0.1, -0.05) is 199 Å². The Kier molecular flexibility index (Phi) is 12.4. The van der Waals surface area contributed by atoms with E-state index < -0.39 is 0 Å². The summed E-state index contributed by atoms with van der Waals surface area (Å²) < 4.78 is 0. The zero-order chi connectivity index (χ0) is 49.3. The number of aromatic nitrogens is 3. The van der Waals surface area contributed by atoms with E-state index in [1.807, 2.05) is 18.2 Å². The molecule has 0 amide bonds. The Balaban J connectivity index is 1.18. The second-order valence-electron chi connectivity index (χ2n) is 19.2. The third-order valence-corrected chi connectivity index (χ3v) is 14.0. The lowest BCUT2D eigenvalue weighted by atomic mass is 9.77. The highest BCUT2D eigenvalue weighted by Gasteiger charge is 2.28. The van der Waals surface area contributed by atoms with E-state index in [0.717, 1.165) is 66.7 Å². The summed E-state index contributed by atoms with van der Waals surface area (Å²) in [6.45, 7) is 13.5. The first-order chi connectivity index (χ1) is 35.2. The Morgan fingerprint density at radius 3 is 1.29 bits per heavy atom. The van der Waals surface area contributed by atoms with Crippen LogP contribution in [0.3, 0.4) is 0 Å². The van der Waals surface area contributed by atoms with Crippen molar-refractivity contribution >= 4 is 28.1 Å². The minimum Gasteiger partial charge on any atom is -0.278 e. The van der Waals surface area contributed by atoms with E-state index in [1.165, 1.54) is 50.1 Å². The van der Waals surface area contributed by atoms with E-state index in [4.69, 9.17) is 15.0 Å². The summed E-state index contributed by atoms with van der Waals surface area (Å²) >= 11 is 0. The van der Waals surface area contributed by atoms with Gasteiger partial charge in [-0.25, -0.2) is 4.98 Å². The van der Waals surface area contributed by atoms with Crippen LogP contribution in [0.25, 0.3) is 66.9 Å². The zero-order valence-corrected chi connectivity index (χ0v) is 41.7. The highest BCUT2D eigenvalue weighted by Crippen LogP contribution is 2.46. The molecule has 0 fully saturated rings. The second-order valence-corrected chi connectivity index (χ2v) is 19.2. The molecule has 1 heterocycles. The topological polar surface area (TPSA) is 41.9 Å². The van der Waals surface area contributed by atoms with Gasteiger partial charge in [0.1, 0.15) is 0 Å². The molecule has 11 aromatic rings. The lowest BCUT2D eigenvalue weighted by Gasteiger charge is -2.29. The predicted octanol–water partition coefficient (Wildman–Crippen LogP) is 17.9. The van der Waals surface area contributed by atoms with Crippen molar-refractivity contribution < 1.29 is 0 Å². The molecular formula is C68H56N4. The van der Waals surface area contributed by atoms with Crippen molar-refractivity contribution in [1.82, 2.24) is 15.0 Å². The summed E-state index contributed by atoms with van der Waals surface area (Å²) in [5, 5.41) is 2.29. The van der Waals surface area contributed by atoms with Gasteiger partial charge < -0.3 is 0 Å². The van der Waals surface area contributed by atoms with Gasteiger partial charge in [-0.3, -0.25) is 4.90 Å². The molecule has 0 spiro atoms. The molecule has 0 atom stereocenters. The van der Waals surface area contributed by atoms with Gasteiger partial charge in [0.15, 0.2) is 11.6 Å². The highest BCUT2D eigenvalue weighted by atomic mass is 15.3.